The van der Waals surface area contributed by atoms with E-state index in [4.69, 9.17) is 37.4 Å². The summed E-state index contributed by atoms with van der Waals surface area (Å²) in [5.74, 6) is 0.891. The van der Waals surface area contributed by atoms with E-state index in [0.717, 1.165) is 40.0 Å². The summed E-state index contributed by atoms with van der Waals surface area (Å²) in [4.78, 5) is 26.9. The zero-order valence-electron chi connectivity index (χ0n) is 22.7. The zero-order chi connectivity index (χ0) is 29.4. The summed E-state index contributed by atoms with van der Waals surface area (Å²) >= 11 is 12.2. The smallest absolute Gasteiger partial charge is 0.337 e. The van der Waals surface area contributed by atoms with Crippen molar-refractivity contribution in [2.45, 2.75) is 33.5 Å². The fourth-order valence-corrected chi connectivity index (χ4v) is 4.64. The predicted molar refractivity (Wildman–Crippen MR) is 159 cm³/mol. The number of hydrogen-bond donors (Lipinski definition) is 1. The van der Waals surface area contributed by atoms with Crippen molar-refractivity contribution in [2.75, 3.05) is 12.5 Å². The van der Waals surface area contributed by atoms with Gasteiger partial charge in [0, 0.05) is 29.9 Å². The summed E-state index contributed by atoms with van der Waals surface area (Å²) in [6.45, 7) is 4.87. The maximum Gasteiger partial charge on any atom is 0.337 e. The number of rotatable bonds is 13. The Morgan fingerprint density at radius 1 is 0.902 bits per heavy atom. The molecule has 0 aliphatic heterocycles. The van der Waals surface area contributed by atoms with Gasteiger partial charge in [-0.05, 0) is 66.3 Å². The third-order valence-corrected chi connectivity index (χ3v) is 7.13. The molecule has 0 aliphatic rings. The molecule has 0 bridgehead atoms. The van der Waals surface area contributed by atoms with Gasteiger partial charge < -0.3 is 19.3 Å². The van der Waals surface area contributed by atoms with Gasteiger partial charge in [-0.25, -0.2) is 4.79 Å². The van der Waals surface area contributed by atoms with Crippen LogP contribution < -0.4 is 14.2 Å². The van der Waals surface area contributed by atoms with Crippen LogP contribution in [0.1, 0.15) is 49.4 Å². The Morgan fingerprint density at radius 3 is 2.37 bits per heavy atom. The molecule has 0 unspecified atom stereocenters. The molecule has 0 atom stereocenters. The van der Waals surface area contributed by atoms with Crippen LogP contribution in [-0.4, -0.2) is 34.8 Å². The lowest BCUT2D eigenvalue weighted by molar-refractivity contribution is 0.0696. The van der Waals surface area contributed by atoms with Gasteiger partial charge in [0.2, 0.25) is 0 Å². The highest BCUT2D eigenvalue weighted by Crippen LogP contribution is 2.36. The standard InChI is InChI=1S/C32H29Cl2NO6/c1-20-23(6-3-7-26(20)27-8-4-9-29(21(27)2)39-11-5-10-33)19-41-31-14-30(25(17-36)13-28(31)34)40-18-22-12-24(32(37)38)16-35-15-22/h3-4,6-9,12-17H,5,10-11,18-19H2,1-2H3,(H,37,38). The Labute approximate surface area is 248 Å². The number of carboxylic acids is 1. The monoisotopic (exact) mass is 593 g/mol. The molecular weight excluding hydrogens is 565 g/mol. The second-order valence-corrected chi connectivity index (χ2v) is 10.1. The van der Waals surface area contributed by atoms with E-state index in [1.807, 2.05) is 38.1 Å². The molecule has 9 heteroatoms. The molecule has 0 radical (unpaired) electrons. The van der Waals surface area contributed by atoms with Crippen LogP contribution in [0.2, 0.25) is 5.02 Å². The van der Waals surface area contributed by atoms with E-state index in [9.17, 15) is 14.7 Å². The number of pyridine rings is 1. The van der Waals surface area contributed by atoms with E-state index < -0.39 is 5.97 Å². The van der Waals surface area contributed by atoms with Gasteiger partial charge in [-0.1, -0.05) is 41.9 Å². The third kappa shape index (κ3) is 7.37. The van der Waals surface area contributed by atoms with Crippen molar-refractivity contribution in [2.24, 2.45) is 0 Å². The Kier molecular flexibility index (Phi) is 10.2. The maximum absolute atomic E-state index is 11.7. The van der Waals surface area contributed by atoms with E-state index in [1.54, 1.807) is 6.07 Å². The molecule has 41 heavy (non-hydrogen) atoms. The molecule has 4 aromatic rings. The van der Waals surface area contributed by atoms with Crippen LogP contribution in [0.4, 0.5) is 0 Å². The average molecular weight is 594 g/mol. The number of nitrogens with zero attached hydrogens (tertiary/aromatic N) is 1. The second-order valence-electron chi connectivity index (χ2n) is 9.31. The van der Waals surface area contributed by atoms with Gasteiger partial charge in [0.05, 0.1) is 22.8 Å². The molecule has 0 spiro atoms. The number of carbonyl (C=O) groups excluding carboxylic acids is 1. The van der Waals surface area contributed by atoms with E-state index in [-0.39, 0.29) is 35.1 Å². The highest BCUT2D eigenvalue weighted by Gasteiger charge is 2.15. The molecule has 3 aromatic carbocycles. The lowest BCUT2D eigenvalue weighted by Gasteiger charge is -2.17. The van der Waals surface area contributed by atoms with E-state index >= 15 is 0 Å². The quantitative estimate of drug-likeness (QED) is 0.0963. The van der Waals surface area contributed by atoms with E-state index in [2.05, 4.69) is 17.1 Å². The molecule has 1 heterocycles. The topological polar surface area (TPSA) is 95.0 Å². The highest BCUT2D eigenvalue weighted by atomic mass is 35.5. The second kappa shape index (κ2) is 14.0. The van der Waals surface area contributed by atoms with Crippen LogP contribution in [0, 0.1) is 13.8 Å². The average Bonchev–Trinajstić information content (AvgIpc) is 2.97. The number of carboxylic acid groups (broad SMARTS) is 1. The highest BCUT2D eigenvalue weighted by molar-refractivity contribution is 6.32. The molecule has 0 fully saturated rings. The Morgan fingerprint density at radius 2 is 1.63 bits per heavy atom. The van der Waals surface area contributed by atoms with Crippen molar-refractivity contribution in [3.8, 4) is 28.4 Å². The fourth-order valence-electron chi connectivity index (χ4n) is 4.31. The van der Waals surface area contributed by atoms with E-state index in [0.29, 0.717) is 30.1 Å². The van der Waals surface area contributed by atoms with Crippen LogP contribution in [0.5, 0.6) is 17.2 Å². The summed E-state index contributed by atoms with van der Waals surface area (Å²) in [7, 11) is 0. The number of aromatic nitrogens is 1. The summed E-state index contributed by atoms with van der Waals surface area (Å²) in [6, 6.07) is 16.5. The van der Waals surface area contributed by atoms with Gasteiger partial charge in [-0.2, -0.15) is 0 Å². The van der Waals surface area contributed by atoms with Crippen LogP contribution in [-0.2, 0) is 13.2 Å². The minimum atomic E-state index is -1.09. The number of ether oxygens (including phenoxy) is 3. The molecule has 0 amide bonds. The van der Waals surface area contributed by atoms with Crippen molar-refractivity contribution in [1.82, 2.24) is 4.98 Å². The van der Waals surface area contributed by atoms with Crippen LogP contribution >= 0.6 is 23.2 Å². The molecule has 212 valence electrons. The number of aromatic carboxylic acids is 1. The van der Waals surface area contributed by atoms with Crippen molar-refractivity contribution in [3.05, 3.63) is 105 Å². The minimum absolute atomic E-state index is 0.00515. The summed E-state index contributed by atoms with van der Waals surface area (Å²) in [6.07, 6.45) is 4.16. The van der Waals surface area contributed by atoms with Gasteiger partial charge in [0.1, 0.15) is 30.5 Å². The number of aldehydes is 1. The van der Waals surface area contributed by atoms with Crippen LogP contribution in [0.15, 0.2) is 67.0 Å². The van der Waals surface area contributed by atoms with Gasteiger partial charge in [-0.3, -0.25) is 9.78 Å². The normalized spacial score (nSPS) is 10.7. The lowest BCUT2D eigenvalue weighted by Crippen LogP contribution is -2.04. The van der Waals surface area contributed by atoms with Crippen molar-refractivity contribution in [1.29, 1.82) is 0 Å². The fraction of sp³-hybridized carbons (Fsp3) is 0.219. The molecular formula is C32H29Cl2NO6. The molecule has 4 rings (SSSR count). The largest absolute Gasteiger partial charge is 0.493 e. The molecule has 7 nitrogen and oxygen atoms in total. The van der Waals surface area contributed by atoms with Crippen molar-refractivity contribution < 1.29 is 28.9 Å². The molecule has 1 N–H and O–H groups in total. The lowest BCUT2D eigenvalue weighted by atomic mass is 9.93. The van der Waals surface area contributed by atoms with Gasteiger partial charge in [0.15, 0.2) is 6.29 Å². The first-order chi connectivity index (χ1) is 19.8. The summed E-state index contributed by atoms with van der Waals surface area (Å²) in [5.41, 5.74) is 6.01. The molecule has 0 saturated carbocycles. The number of benzene rings is 3. The van der Waals surface area contributed by atoms with Gasteiger partial charge in [-0.15, -0.1) is 11.6 Å². The van der Waals surface area contributed by atoms with Crippen LogP contribution in [0.3, 0.4) is 0 Å². The maximum atomic E-state index is 11.7. The summed E-state index contributed by atoms with van der Waals surface area (Å²) < 4.78 is 17.9. The number of alkyl halides is 1. The number of halogens is 2. The van der Waals surface area contributed by atoms with Crippen molar-refractivity contribution in [3.63, 3.8) is 0 Å². The van der Waals surface area contributed by atoms with Crippen LogP contribution in [0.25, 0.3) is 11.1 Å². The first-order valence-corrected chi connectivity index (χ1v) is 13.8. The molecule has 0 aliphatic carbocycles. The number of hydrogen-bond acceptors (Lipinski definition) is 6. The minimum Gasteiger partial charge on any atom is -0.493 e. The van der Waals surface area contributed by atoms with Gasteiger partial charge >= 0.3 is 5.97 Å². The predicted octanol–water partition coefficient (Wildman–Crippen LogP) is 7.70. The Balaban J connectivity index is 1.53. The molecule has 1 aromatic heterocycles. The first-order valence-electron chi connectivity index (χ1n) is 12.9. The first kappa shape index (κ1) is 29.9. The SMILES string of the molecule is Cc1c(COc2cc(OCc3cncc(C(=O)O)c3)c(C=O)cc2Cl)cccc1-c1cccc(OCCCCl)c1C. The third-order valence-electron chi connectivity index (χ3n) is 6.57. The number of carbonyl (C=O) groups is 2. The van der Waals surface area contributed by atoms with Crippen molar-refractivity contribution >= 4 is 35.5 Å². The molecule has 0 saturated heterocycles. The Bertz CT molecular complexity index is 1560. The van der Waals surface area contributed by atoms with E-state index in [1.165, 1.54) is 24.5 Å². The zero-order valence-corrected chi connectivity index (χ0v) is 24.2. The van der Waals surface area contributed by atoms with Gasteiger partial charge in [0.25, 0.3) is 0 Å². The summed E-state index contributed by atoms with van der Waals surface area (Å²) in [5, 5.41) is 9.46. The Hall–Kier alpha value is -4.07.